The summed E-state index contributed by atoms with van der Waals surface area (Å²) in [6, 6.07) is 76.8. The molecule has 6 nitrogen and oxygen atoms in total. The van der Waals surface area contributed by atoms with Crippen molar-refractivity contribution in [3.63, 3.8) is 0 Å². The molecule has 0 saturated carbocycles. The molecule has 0 saturated heterocycles. The Hall–Kier alpha value is -9.13. The lowest BCUT2D eigenvalue weighted by atomic mass is 9.95. The molecule has 338 valence electrons. The second kappa shape index (κ2) is 18.1. The quantitative estimate of drug-likeness (QED) is 0.144. The molecule has 12 rings (SSSR count). The minimum Gasteiger partial charge on any atom is -0.309 e. The van der Waals surface area contributed by atoms with Gasteiger partial charge in [-0.25, -0.2) is 24.9 Å². The van der Waals surface area contributed by atoms with Gasteiger partial charge in [-0.2, -0.15) is 0 Å². The molecule has 0 unspecified atom stereocenters. The maximum atomic E-state index is 5.46. The lowest BCUT2D eigenvalue weighted by Crippen LogP contribution is -2.03. The first-order valence-corrected chi connectivity index (χ1v) is 24.1. The van der Waals surface area contributed by atoms with Gasteiger partial charge in [-0.05, 0) is 110 Å². The van der Waals surface area contributed by atoms with Crippen molar-refractivity contribution in [3.05, 3.63) is 241 Å². The molecule has 6 heteroatoms. The number of hydrogen-bond donors (Lipinski definition) is 0. The van der Waals surface area contributed by atoms with E-state index in [0.29, 0.717) is 23.3 Å². The van der Waals surface area contributed by atoms with E-state index in [0.717, 1.165) is 72.3 Å². The van der Waals surface area contributed by atoms with Crippen molar-refractivity contribution in [2.24, 2.45) is 0 Å². The molecular formula is C65H48N6. The zero-order valence-corrected chi connectivity index (χ0v) is 40.0. The zero-order chi connectivity index (χ0) is 48.0. The molecule has 0 fully saturated rings. The van der Waals surface area contributed by atoms with Crippen molar-refractivity contribution < 1.29 is 0 Å². The molecule has 3 aromatic heterocycles. The second-order valence-electron chi connectivity index (χ2n) is 18.4. The Bertz CT molecular complexity index is 3730. The summed E-state index contributed by atoms with van der Waals surface area (Å²) < 4.78 is 2.41. The first kappa shape index (κ1) is 43.2. The molecule has 0 aliphatic carbocycles. The fourth-order valence-corrected chi connectivity index (χ4v) is 9.96. The molecular weight excluding hydrogens is 865 g/mol. The molecule has 0 amide bonds. The smallest absolute Gasteiger partial charge is 0.164 e. The summed E-state index contributed by atoms with van der Waals surface area (Å²) in [7, 11) is 0. The number of fused-ring (bicyclic) bond motifs is 3. The van der Waals surface area contributed by atoms with Gasteiger partial charge in [0, 0.05) is 44.2 Å². The normalized spacial score (nSPS) is 11.4. The van der Waals surface area contributed by atoms with E-state index in [2.05, 4.69) is 166 Å². The van der Waals surface area contributed by atoms with Crippen LogP contribution in [-0.2, 0) is 0 Å². The minimum atomic E-state index is 0.560. The molecule has 71 heavy (non-hydrogen) atoms. The Labute approximate surface area is 413 Å². The molecule has 0 bridgehead atoms. The zero-order valence-electron chi connectivity index (χ0n) is 40.0. The Kier molecular flexibility index (Phi) is 11.0. The molecule has 0 radical (unpaired) electrons. The van der Waals surface area contributed by atoms with Crippen LogP contribution in [0.5, 0.6) is 0 Å². The van der Waals surface area contributed by atoms with Gasteiger partial charge in [0.2, 0.25) is 0 Å². The number of rotatable bonds is 9. The SMILES string of the molecule is Cc1ccc(-c2ccc3c(c2)c2cc(-c4ccc(C)cc4C)ccc2n3-c2ccc(-c3nc(-c4ccccc4)nc(-c4ccccc4)n3)cc2-c2cc(-c3ccccc3)nc(-c3ccccc3)n2)c(C)c1. The maximum Gasteiger partial charge on any atom is 0.164 e. The summed E-state index contributed by atoms with van der Waals surface area (Å²) in [5, 5.41) is 2.32. The molecule has 0 N–H and O–H groups in total. The first-order chi connectivity index (χ1) is 34.8. The fraction of sp³-hybridized carbons (Fsp3) is 0.0615. The Morgan fingerprint density at radius 3 is 1.15 bits per heavy atom. The van der Waals surface area contributed by atoms with E-state index in [-0.39, 0.29) is 0 Å². The number of nitrogens with zero attached hydrogens (tertiary/aromatic N) is 6. The Balaban J connectivity index is 1.15. The highest BCUT2D eigenvalue weighted by atomic mass is 15.0. The summed E-state index contributed by atoms with van der Waals surface area (Å²) in [6.45, 7) is 8.71. The van der Waals surface area contributed by atoms with Crippen LogP contribution in [0.3, 0.4) is 0 Å². The second-order valence-corrected chi connectivity index (χ2v) is 18.4. The van der Waals surface area contributed by atoms with Gasteiger partial charge >= 0.3 is 0 Å². The van der Waals surface area contributed by atoms with E-state index in [4.69, 9.17) is 24.9 Å². The van der Waals surface area contributed by atoms with Crippen LogP contribution in [0.15, 0.2) is 218 Å². The number of hydrogen-bond acceptors (Lipinski definition) is 5. The van der Waals surface area contributed by atoms with Gasteiger partial charge in [0.15, 0.2) is 23.3 Å². The van der Waals surface area contributed by atoms with E-state index in [1.807, 2.05) is 84.9 Å². The van der Waals surface area contributed by atoms with Crippen LogP contribution in [0.25, 0.3) is 118 Å². The molecule has 9 aromatic carbocycles. The van der Waals surface area contributed by atoms with Gasteiger partial charge in [-0.15, -0.1) is 0 Å². The topological polar surface area (TPSA) is 69.4 Å². The van der Waals surface area contributed by atoms with E-state index >= 15 is 0 Å². The van der Waals surface area contributed by atoms with Crippen molar-refractivity contribution in [1.82, 2.24) is 29.5 Å². The standard InChI is InChI=1S/C65H48N6/c1-41-25-30-52(43(3)35-41)49-27-32-59-54(37-49)55-38-50(53-31-26-42(2)36-44(53)4)28-33-60(55)71(59)61-34-29-51(65-69-63(47-21-13-7-14-22-47)68-64(70-65)48-23-15-8-16-24-48)39-56(61)58-40-57(45-17-9-5-10-18-45)66-62(67-58)46-19-11-6-12-20-46/h5-40H,1-4H3. The fourth-order valence-electron chi connectivity index (χ4n) is 9.96. The van der Waals surface area contributed by atoms with Crippen molar-refractivity contribution in [2.75, 3.05) is 0 Å². The molecule has 0 aliphatic rings. The van der Waals surface area contributed by atoms with E-state index in [9.17, 15) is 0 Å². The van der Waals surface area contributed by atoms with Gasteiger partial charge in [-0.1, -0.05) is 181 Å². The Morgan fingerprint density at radius 2 is 0.690 bits per heavy atom. The summed E-state index contributed by atoms with van der Waals surface area (Å²) in [5.41, 5.74) is 20.0. The number of aryl methyl sites for hydroxylation is 4. The van der Waals surface area contributed by atoms with Crippen molar-refractivity contribution in [1.29, 1.82) is 0 Å². The van der Waals surface area contributed by atoms with E-state index in [1.165, 1.54) is 44.5 Å². The average Bonchev–Trinajstić information content (AvgIpc) is 3.74. The van der Waals surface area contributed by atoms with E-state index < -0.39 is 0 Å². The predicted molar refractivity (Wildman–Crippen MR) is 292 cm³/mol. The molecule has 0 aliphatic heterocycles. The van der Waals surface area contributed by atoms with Gasteiger partial charge < -0.3 is 4.57 Å². The molecule has 0 spiro atoms. The van der Waals surface area contributed by atoms with Crippen LogP contribution >= 0.6 is 0 Å². The van der Waals surface area contributed by atoms with E-state index in [1.54, 1.807) is 0 Å². The third-order valence-corrected chi connectivity index (χ3v) is 13.4. The maximum absolute atomic E-state index is 5.46. The summed E-state index contributed by atoms with van der Waals surface area (Å²) in [5.74, 6) is 2.39. The van der Waals surface area contributed by atoms with Gasteiger partial charge in [0.25, 0.3) is 0 Å². The minimum absolute atomic E-state index is 0.560. The van der Waals surface area contributed by atoms with Gasteiger partial charge in [0.1, 0.15) is 0 Å². The summed E-state index contributed by atoms with van der Waals surface area (Å²) in [4.78, 5) is 26.1. The summed E-state index contributed by atoms with van der Waals surface area (Å²) >= 11 is 0. The van der Waals surface area contributed by atoms with Crippen LogP contribution in [-0.4, -0.2) is 29.5 Å². The van der Waals surface area contributed by atoms with Crippen LogP contribution in [0.4, 0.5) is 0 Å². The van der Waals surface area contributed by atoms with Crippen LogP contribution in [0, 0.1) is 27.7 Å². The molecule has 12 aromatic rings. The highest BCUT2D eigenvalue weighted by Crippen LogP contribution is 2.42. The van der Waals surface area contributed by atoms with Gasteiger partial charge in [0.05, 0.1) is 28.1 Å². The average molecular weight is 913 g/mol. The van der Waals surface area contributed by atoms with Crippen LogP contribution in [0.2, 0.25) is 0 Å². The lowest BCUT2D eigenvalue weighted by molar-refractivity contribution is 1.07. The predicted octanol–water partition coefficient (Wildman–Crippen LogP) is 16.3. The van der Waals surface area contributed by atoms with Crippen molar-refractivity contribution >= 4 is 21.8 Å². The first-order valence-electron chi connectivity index (χ1n) is 24.1. The number of aromatic nitrogens is 6. The Morgan fingerprint density at radius 1 is 0.282 bits per heavy atom. The summed E-state index contributed by atoms with van der Waals surface area (Å²) in [6.07, 6.45) is 0. The third kappa shape index (κ3) is 8.25. The lowest BCUT2D eigenvalue weighted by Gasteiger charge is -2.17. The molecule has 3 heterocycles. The molecule has 0 atom stereocenters. The van der Waals surface area contributed by atoms with Crippen molar-refractivity contribution in [2.45, 2.75) is 27.7 Å². The third-order valence-electron chi connectivity index (χ3n) is 13.4. The van der Waals surface area contributed by atoms with Crippen molar-refractivity contribution in [3.8, 4) is 96.0 Å². The van der Waals surface area contributed by atoms with Gasteiger partial charge in [-0.3, -0.25) is 0 Å². The van der Waals surface area contributed by atoms with Crippen LogP contribution < -0.4 is 0 Å². The highest BCUT2D eigenvalue weighted by molar-refractivity contribution is 6.12. The highest BCUT2D eigenvalue weighted by Gasteiger charge is 2.22. The monoisotopic (exact) mass is 912 g/mol. The van der Waals surface area contributed by atoms with Crippen LogP contribution in [0.1, 0.15) is 22.3 Å². The largest absolute Gasteiger partial charge is 0.309 e. The number of benzene rings is 9.